The van der Waals surface area contributed by atoms with Crippen molar-refractivity contribution in [3.8, 4) is 28.7 Å². The quantitative estimate of drug-likeness (QED) is 0.380. The first-order valence-corrected chi connectivity index (χ1v) is 10.7. The van der Waals surface area contributed by atoms with Gasteiger partial charge in [-0.05, 0) is 66.4 Å². The SMILES string of the molecule is COc1cc(/C=N\NC(=O)COc2c(C)cccc2C)ccc1OCc1ccc2c(c1)OCO2. The van der Waals surface area contributed by atoms with E-state index >= 15 is 0 Å². The van der Waals surface area contributed by atoms with Crippen LogP contribution < -0.4 is 29.1 Å². The number of para-hydroxylation sites is 1. The lowest BCUT2D eigenvalue weighted by atomic mass is 10.1. The Morgan fingerprint density at radius 2 is 1.79 bits per heavy atom. The molecule has 0 unspecified atom stereocenters. The molecule has 0 fully saturated rings. The van der Waals surface area contributed by atoms with Gasteiger partial charge in [-0.2, -0.15) is 5.10 Å². The summed E-state index contributed by atoms with van der Waals surface area (Å²) in [7, 11) is 1.57. The Morgan fingerprint density at radius 1 is 1.00 bits per heavy atom. The predicted octanol–water partition coefficient (Wildman–Crippen LogP) is 4.15. The Morgan fingerprint density at radius 3 is 2.59 bits per heavy atom. The first kappa shape index (κ1) is 23.0. The number of fused-ring (bicyclic) bond motifs is 1. The third kappa shape index (κ3) is 5.58. The molecule has 176 valence electrons. The van der Waals surface area contributed by atoms with E-state index < -0.39 is 0 Å². The molecule has 0 saturated heterocycles. The van der Waals surface area contributed by atoms with Crippen LogP contribution in [0.2, 0.25) is 0 Å². The Labute approximate surface area is 198 Å². The lowest BCUT2D eigenvalue weighted by molar-refractivity contribution is -0.123. The average molecular weight is 463 g/mol. The van der Waals surface area contributed by atoms with E-state index in [0.717, 1.165) is 28.0 Å². The van der Waals surface area contributed by atoms with Gasteiger partial charge in [0.2, 0.25) is 6.79 Å². The van der Waals surface area contributed by atoms with Gasteiger partial charge in [-0.25, -0.2) is 5.43 Å². The lowest BCUT2D eigenvalue weighted by Crippen LogP contribution is -2.25. The maximum Gasteiger partial charge on any atom is 0.277 e. The van der Waals surface area contributed by atoms with Crippen LogP contribution in [0.15, 0.2) is 59.7 Å². The van der Waals surface area contributed by atoms with E-state index in [9.17, 15) is 4.79 Å². The number of amides is 1. The maximum atomic E-state index is 12.1. The Bertz CT molecular complexity index is 1190. The number of rotatable bonds is 9. The van der Waals surface area contributed by atoms with Gasteiger partial charge in [0.15, 0.2) is 29.6 Å². The van der Waals surface area contributed by atoms with E-state index in [2.05, 4.69) is 10.5 Å². The molecule has 3 aromatic carbocycles. The summed E-state index contributed by atoms with van der Waals surface area (Å²) in [6.45, 7) is 4.33. The van der Waals surface area contributed by atoms with Crippen molar-refractivity contribution in [1.29, 1.82) is 0 Å². The second-order valence-corrected chi connectivity index (χ2v) is 7.69. The second kappa shape index (κ2) is 10.6. The molecule has 0 saturated carbocycles. The van der Waals surface area contributed by atoms with Gasteiger partial charge in [-0.3, -0.25) is 4.79 Å². The van der Waals surface area contributed by atoms with Gasteiger partial charge in [0, 0.05) is 0 Å². The van der Waals surface area contributed by atoms with Gasteiger partial charge in [0.05, 0.1) is 13.3 Å². The summed E-state index contributed by atoms with van der Waals surface area (Å²) in [4.78, 5) is 12.1. The standard InChI is InChI=1S/C26H26N2O6/c1-17-5-4-6-18(2)26(17)32-15-25(29)28-27-13-19-7-9-21(23(11-19)30-3)31-14-20-8-10-22-24(12-20)34-16-33-22/h4-13H,14-16H2,1-3H3,(H,28,29)/b27-13-. The summed E-state index contributed by atoms with van der Waals surface area (Å²) in [6.07, 6.45) is 1.53. The molecule has 0 aliphatic carbocycles. The van der Waals surface area contributed by atoms with E-state index in [4.69, 9.17) is 23.7 Å². The smallest absolute Gasteiger partial charge is 0.277 e. The van der Waals surface area contributed by atoms with Gasteiger partial charge in [-0.15, -0.1) is 0 Å². The minimum Gasteiger partial charge on any atom is -0.493 e. The number of aryl methyl sites for hydroxylation is 2. The summed E-state index contributed by atoms with van der Waals surface area (Å²) in [5.74, 6) is 2.94. The molecule has 1 aliphatic heterocycles. The van der Waals surface area contributed by atoms with Crippen molar-refractivity contribution in [2.75, 3.05) is 20.5 Å². The van der Waals surface area contributed by atoms with Gasteiger partial charge < -0.3 is 23.7 Å². The number of methoxy groups -OCH3 is 1. The number of carbonyl (C=O) groups excluding carboxylic acids is 1. The lowest BCUT2D eigenvalue weighted by Gasteiger charge is -2.12. The average Bonchev–Trinajstić information content (AvgIpc) is 3.31. The zero-order valence-corrected chi connectivity index (χ0v) is 19.3. The van der Waals surface area contributed by atoms with Gasteiger partial charge in [0.1, 0.15) is 12.4 Å². The third-order valence-corrected chi connectivity index (χ3v) is 5.18. The van der Waals surface area contributed by atoms with E-state index in [0.29, 0.717) is 29.6 Å². The zero-order valence-electron chi connectivity index (χ0n) is 19.3. The molecule has 3 aromatic rings. The van der Waals surface area contributed by atoms with Crippen LogP contribution in [0.1, 0.15) is 22.3 Å². The van der Waals surface area contributed by atoms with Crippen LogP contribution in [-0.4, -0.2) is 32.6 Å². The molecular formula is C26H26N2O6. The first-order valence-electron chi connectivity index (χ1n) is 10.7. The van der Waals surface area contributed by atoms with Crippen LogP contribution >= 0.6 is 0 Å². The molecule has 1 N–H and O–H groups in total. The van der Waals surface area contributed by atoms with Crippen LogP contribution in [0.25, 0.3) is 0 Å². The molecule has 8 nitrogen and oxygen atoms in total. The van der Waals surface area contributed by atoms with Crippen LogP contribution in [0.3, 0.4) is 0 Å². The summed E-state index contributed by atoms with van der Waals surface area (Å²) >= 11 is 0. The second-order valence-electron chi connectivity index (χ2n) is 7.69. The van der Waals surface area contributed by atoms with Crippen LogP contribution in [0.4, 0.5) is 0 Å². The zero-order chi connectivity index (χ0) is 23.9. The van der Waals surface area contributed by atoms with Crippen molar-refractivity contribution in [3.63, 3.8) is 0 Å². The topological polar surface area (TPSA) is 87.6 Å². The normalized spacial score (nSPS) is 12.0. The summed E-state index contributed by atoms with van der Waals surface area (Å²) in [5.41, 5.74) is 6.11. The largest absolute Gasteiger partial charge is 0.493 e. The minimum absolute atomic E-state index is 0.126. The number of hydrogen-bond donors (Lipinski definition) is 1. The molecule has 8 heteroatoms. The summed E-state index contributed by atoms with van der Waals surface area (Å²) in [5, 5.41) is 4.00. The van der Waals surface area contributed by atoms with Crippen molar-refractivity contribution < 1.29 is 28.5 Å². The fraction of sp³-hybridized carbons (Fsp3) is 0.231. The predicted molar refractivity (Wildman–Crippen MR) is 127 cm³/mol. The Kier molecular flexibility index (Phi) is 7.17. The number of nitrogens with one attached hydrogen (secondary N) is 1. The monoisotopic (exact) mass is 462 g/mol. The molecule has 0 atom stereocenters. The number of hydrogen-bond acceptors (Lipinski definition) is 7. The highest BCUT2D eigenvalue weighted by molar-refractivity contribution is 5.83. The molecule has 1 heterocycles. The van der Waals surface area contributed by atoms with E-state index in [1.54, 1.807) is 19.2 Å². The third-order valence-electron chi connectivity index (χ3n) is 5.18. The molecular weight excluding hydrogens is 436 g/mol. The molecule has 4 rings (SSSR count). The fourth-order valence-corrected chi connectivity index (χ4v) is 3.45. The highest BCUT2D eigenvalue weighted by atomic mass is 16.7. The number of benzene rings is 3. The molecule has 1 amide bonds. The molecule has 34 heavy (non-hydrogen) atoms. The molecule has 0 bridgehead atoms. The van der Waals surface area contributed by atoms with E-state index in [-0.39, 0.29) is 19.3 Å². The molecule has 0 spiro atoms. The summed E-state index contributed by atoms with van der Waals surface area (Å²) in [6, 6.07) is 16.9. The van der Waals surface area contributed by atoms with Crippen LogP contribution in [0, 0.1) is 13.8 Å². The van der Waals surface area contributed by atoms with Gasteiger partial charge in [-0.1, -0.05) is 24.3 Å². The summed E-state index contributed by atoms with van der Waals surface area (Å²) < 4.78 is 27.7. The molecule has 0 aromatic heterocycles. The van der Waals surface area contributed by atoms with Crippen LogP contribution in [0.5, 0.6) is 28.7 Å². The highest BCUT2D eigenvalue weighted by Gasteiger charge is 2.14. The van der Waals surface area contributed by atoms with Crippen LogP contribution in [-0.2, 0) is 11.4 Å². The minimum atomic E-state index is -0.352. The van der Waals surface area contributed by atoms with Gasteiger partial charge in [0.25, 0.3) is 5.91 Å². The van der Waals surface area contributed by atoms with Crippen molar-refractivity contribution in [2.24, 2.45) is 5.10 Å². The molecule has 1 aliphatic rings. The number of ether oxygens (including phenoxy) is 5. The van der Waals surface area contributed by atoms with Crippen molar-refractivity contribution in [3.05, 3.63) is 76.9 Å². The fourth-order valence-electron chi connectivity index (χ4n) is 3.45. The van der Waals surface area contributed by atoms with Gasteiger partial charge >= 0.3 is 0 Å². The highest BCUT2D eigenvalue weighted by Crippen LogP contribution is 2.33. The Hall–Kier alpha value is -4.20. The Balaban J connectivity index is 1.30. The first-order chi connectivity index (χ1) is 16.5. The molecule has 0 radical (unpaired) electrons. The van der Waals surface area contributed by atoms with Crippen molar-refractivity contribution in [2.45, 2.75) is 20.5 Å². The number of hydrazone groups is 1. The van der Waals surface area contributed by atoms with Crippen molar-refractivity contribution >= 4 is 12.1 Å². The number of nitrogens with zero attached hydrogens (tertiary/aromatic N) is 1. The van der Waals surface area contributed by atoms with E-state index in [1.165, 1.54) is 6.21 Å². The van der Waals surface area contributed by atoms with Crippen molar-refractivity contribution in [1.82, 2.24) is 5.43 Å². The van der Waals surface area contributed by atoms with E-state index in [1.807, 2.05) is 56.3 Å². The maximum absolute atomic E-state index is 12.1. The number of carbonyl (C=O) groups is 1.